The Morgan fingerprint density at radius 2 is 1.87 bits per heavy atom. The molecule has 0 aromatic heterocycles. The van der Waals surface area contributed by atoms with E-state index in [1.807, 2.05) is 0 Å². The SMILES string of the molecule is COc1cc(N(C)C(=O)CN(C)C)c([N+](=O)[O-])cc1OC(N)=O. The van der Waals surface area contributed by atoms with Crippen LogP contribution in [0.25, 0.3) is 0 Å². The van der Waals surface area contributed by atoms with Crippen LogP contribution in [-0.4, -0.2) is 56.6 Å². The summed E-state index contributed by atoms with van der Waals surface area (Å²) in [6.07, 6.45) is -1.14. The predicted molar refractivity (Wildman–Crippen MR) is 81.8 cm³/mol. The van der Waals surface area contributed by atoms with Gasteiger partial charge in [0.25, 0.3) is 5.69 Å². The zero-order valence-electron chi connectivity index (χ0n) is 13.2. The first-order valence-corrected chi connectivity index (χ1v) is 6.42. The molecule has 0 aliphatic heterocycles. The predicted octanol–water partition coefficient (Wildman–Crippen LogP) is 0.585. The van der Waals surface area contributed by atoms with Crippen molar-refractivity contribution in [3.8, 4) is 11.5 Å². The van der Waals surface area contributed by atoms with Crippen LogP contribution in [0.3, 0.4) is 0 Å². The third kappa shape index (κ3) is 4.54. The number of likely N-dealkylation sites (N-methyl/N-ethyl adjacent to an activating group) is 2. The maximum atomic E-state index is 12.1. The molecule has 0 saturated carbocycles. The Morgan fingerprint density at radius 3 is 2.30 bits per heavy atom. The van der Waals surface area contributed by atoms with Crippen LogP contribution in [-0.2, 0) is 4.79 Å². The number of nitrogens with zero attached hydrogens (tertiary/aromatic N) is 3. The molecule has 0 radical (unpaired) electrons. The maximum absolute atomic E-state index is 12.1. The quantitative estimate of drug-likeness (QED) is 0.598. The number of primary amides is 1. The number of rotatable bonds is 6. The summed E-state index contributed by atoms with van der Waals surface area (Å²) >= 11 is 0. The molecule has 1 rings (SSSR count). The number of benzene rings is 1. The first-order chi connectivity index (χ1) is 10.7. The number of nitro groups is 1. The van der Waals surface area contributed by atoms with Gasteiger partial charge >= 0.3 is 6.09 Å². The summed E-state index contributed by atoms with van der Waals surface area (Å²) in [5, 5.41) is 11.3. The van der Waals surface area contributed by atoms with E-state index in [9.17, 15) is 19.7 Å². The molecule has 2 N–H and O–H groups in total. The highest BCUT2D eigenvalue weighted by Crippen LogP contribution is 2.39. The molecule has 23 heavy (non-hydrogen) atoms. The van der Waals surface area contributed by atoms with Crippen molar-refractivity contribution < 1.29 is 24.0 Å². The molecule has 0 fully saturated rings. The molecule has 1 aromatic rings. The summed E-state index contributed by atoms with van der Waals surface area (Å²) in [6.45, 7) is 0.0650. The van der Waals surface area contributed by atoms with Gasteiger partial charge in [-0.1, -0.05) is 0 Å². The van der Waals surface area contributed by atoms with E-state index in [0.29, 0.717) is 0 Å². The lowest BCUT2D eigenvalue weighted by atomic mass is 10.2. The van der Waals surface area contributed by atoms with Gasteiger partial charge in [-0.3, -0.25) is 14.9 Å². The lowest BCUT2D eigenvalue weighted by Gasteiger charge is -2.20. The summed E-state index contributed by atoms with van der Waals surface area (Å²) in [5.41, 5.74) is 4.51. The summed E-state index contributed by atoms with van der Waals surface area (Å²) in [6, 6.07) is 2.22. The minimum atomic E-state index is -1.14. The van der Waals surface area contributed by atoms with Gasteiger partial charge in [-0.15, -0.1) is 0 Å². The number of hydrogen-bond donors (Lipinski definition) is 1. The number of hydrogen-bond acceptors (Lipinski definition) is 7. The largest absolute Gasteiger partial charge is 0.493 e. The molecule has 0 aliphatic rings. The van der Waals surface area contributed by atoms with E-state index < -0.39 is 16.7 Å². The maximum Gasteiger partial charge on any atom is 0.410 e. The van der Waals surface area contributed by atoms with Crippen LogP contribution in [0.2, 0.25) is 0 Å². The normalized spacial score (nSPS) is 10.3. The first kappa shape index (κ1) is 18.2. The second-order valence-corrected chi connectivity index (χ2v) is 4.86. The van der Waals surface area contributed by atoms with Crippen molar-refractivity contribution in [3.63, 3.8) is 0 Å². The Hall–Kier alpha value is -2.88. The highest BCUT2D eigenvalue weighted by Gasteiger charge is 2.26. The van der Waals surface area contributed by atoms with Crippen LogP contribution in [0.5, 0.6) is 11.5 Å². The van der Waals surface area contributed by atoms with Gasteiger partial charge < -0.3 is 25.0 Å². The molecular weight excluding hydrogens is 308 g/mol. The van der Waals surface area contributed by atoms with Crippen LogP contribution >= 0.6 is 0 Å². The van der Waals surface area contributed by atoms with Crippen molar-refractivity contribution in [1.82, 2.24) is 4.90 Å². The molecule has 0 spiro atoms. The second kappa shape index (κ2) is 7.40. The Bertz CT molecular complexity index is 631. The number of nitrogens with two attached hydrogens (primary N) is 1. The van der Waals surface area contributed by atoms with Crippen molar-refractivity contribution in [2.24, 2.45) is 5.73 Å². The molecule has 2 amide bonds. The highest BCUT2D eigenvalue weighted by molar-refractivity contribution is 5.97. The van der Waals surface area contributed by atoms with Crippen molar-refractivity contribution in [2.75, 3.05) is 39.7 Å². The Labute approximate surface area is 132 Å². The average Bonchev–Trinajstić information content (AvgIpc) is 2.44. The van der Waals surface area contributed by atoms with E-state index in [4.69, 9.17) is 10.5 Å². The van der Waals surface area contributed by atoms with Gasteiger partial charge in [-0.25, -0.2) is 4.79 Å². The molecule has 0 heterocycles. The molecular formula is C13H18N4O6. The smallest absolute Gasteiger partial charge is 0.410 e. The number of carbonyl (C=O) groups is 2. The van der Waals surface area contributed by atoms with Crippen LogP contribution in [0, 0.1) is 10.1 Å². The fraction of sp³-hybridized carbons (Fsp3) is 0.385. The lowest BCUT2D eigenvalue weighted by Crippen LogP contribution is -2.35. The third-order valence-electron chi connectivity index (χ3n) is 2.86. The Kier molecular flexibility index (Phi) is 5.85. The molecule has 0 bridgehead atoms. The van der Waals surface area contributed by atoms with Gasteiger partial charge in [0.2, 0.25) is 5.91 Å². The van der Waals surface area contributed by atoms with Crippen LogP contribution in [0.15, 0.2) is 12.1 Å². The number of carbonyl (C=O) groups excluding carboxylic acids is 2. The fourth-order valence-corrected chi connectivity index (χ4v) is 1.81. The Balaban J connectivity index is 3.37. The van der Waals surface area contributed by atoms with Crippen molar-refractivity contribution in [1.29, 1.82) is 0 Å². The van der Waals surface area contributed by atoms with Crippen molar-refractivity contribution in [3.05, 3.63) is 22.2 Å². The standard InChI is InChI=1S/C13H18N4O6/c1-15(2)7-12(18)16(3)8-5-10(22-4)11(23-13(14)19)6-9(8)17(20)21/h5-6H,7H2,1-4H3,(H2,14,19). The van der Waals surface area contributed by atoms with Gasteiger partial charge in [-0.2, -0.15) is 0 Å². The summed E-state index contributed by atoms with van der Waals surface area (Å²) < 4.78 is 9.71. The Morgan fingerprint density at radius 1 is 1.26 bits per heavy atom. The van der Waals surface area contributed by atoms with E-state index in [0.717, 1.165) is 11.0 Å². The van der Waals surface area contributed by atoms with Crippen LogP contribution in [0.4, 0.5) is 16.2 Å². The second-order valence-electron chi connectivity index (χ2n) is 4.86. The van der Waals surface area contributed by atoms with Gasteiger partial charge in [0.05, 0.1) is 24.6 Å². The van der Waals surface area contributed by atoms with E-state index in [1.165, 1.54) is 20.2 Å². The molecule has 10 nitrogen and oxygen atoms in total. The third-order valence-corrected chi connectivity index (χ3v) is 2.86. The lowest BCUT2D eigenvalue weighted by molar-refractivity contribution is -0.384. The number of amides is 2. The monoisotopic (exact) mass is 326 g/mol. The van der Waals surface area contributed by atoms with E-state index >= 15 is 0 Å². The first-order valence-electron chi connectivity index (χ1n) is 6.42. The molecule has 1 aromatic carbocycles. The molecule has 126 valence electrons. The fourth-order valence-electron chi connectivity index (χ4n) is 1.81. The topological polar surface area (TPSA) is 128 Å². The minimum absolute atomic E-state index is 0.00974. The zero-order valence-corrected chi connectivity index (χ0v) is 13.2. The molecule has 10 heteroatoms. The van der Waals surface area contributed by atoms with E-state index in [-0.39, 0.29) is 29.6 Å². The summed E-state index contributed by atoms with van der Waals surface area (Å²) in [7, 11) is 6.09. The van der Waals surface area contributed by atoms with Crippen molar-refractivity contribution >= 4 is 23.4 Å². The number of ether oxygens (including phenoxy) is 2. The van der Waals surface area contributed by atoms with Gasteiger partial charge in [0.15, 0.2) is 11.5 Å². The molecule has 0 atom stereocenters. The van der Waals surface area contributed by atoms with Crippen molar-refractivity contribution in [2.45, 2.75) is 0 Å². The van der Waals surface area contributed by atoms with Crippen LogP contribution in [0.1, 0.15) is 0 Å². The molecule has 0 saturated heterocycles. The van der Waals surface area contributed by atoms with E-state index in [2.05, 4.69) is 4.74 Å². The minimum Gasteiger partial charge on any atom is -0.493 e. The van der Waals surface area contributed by atoms with Gasteiger partial charge in [0.1, 0.15) is 5.69 Å². The van der Waals surface area contributed by atoms with Crippen LogP contribution < -0.4 is 20.1 Å². The number of nitro benzene ring substituents is 1. The number of methoxy groups -OCH3 is 1. The molecule has 0 aliphatic carbocycles. The zero-order chi connectivity index (χ0) is 17.7. The van der Waals surface area contributed by atoms with E-state index in [1.54, 1.807) is 19.0 Å². The summed E-state index contributed by atoms with van der Waals surface area (Å²) in [5.74, 6) is -0.526. The van der Waals surface area contributed by atoms with Gasteiger partial charge in [-0.05, 0) is 14.1 Å². The number of anilines is 1. The summed E-state index contributed by atoms with van der Waals surface area (Å²) in [4.78, 5) is 36.3. The molecule has 0 unspecified atom stereocenters. The average molecular weight is 326 g/mol. The highest BCUT2D eigenvalue weighted by atomic mass is 16.6. The van der Waals surface area contributed by atoms with Gasteiger partial charge in [0, 0.05) is 13.1 Å².